The number of carboxylic acids is 1. The number of ether oxygens (including phenoxy) is 1. The van der Waals surface area contributed by atoms with E-state index in [2.05, 4.69) is 29.2 Å². The molecule has 0 atom stereocenters. The summed E-state index contributed by atoms with van der Waals surface area (Å²) < 4.78 is 5.86. The number of fused-ring (bicyclic) bond motifs is 1. The first-order valence-electron chi connectivity index (χ1n) is 10.6. The van der Waals surface area contributed by atoms with Crippen LogP contribution in [0.3, 0.4) is 0 Å². The lowest BCUT2D eigenvalue weighted by atomic mass is 9.99. The standard InChI is InChI=1S/C26H27NO4/c28-24-9-8-23-17-27(14-13-22(23)15-24)16-20-1-3-21(4-2-20)18-31-25-10-5-19(6-11-25)7-12-26(29)30/h1-6,8-11,15,28H,7,12-14,16-18H2,(H,29,30). The van der Waals surface area contributed by atoms with Crippen molar-refractivity contribution in [1.82, 2.24) is 4.90 Å². The fourth-order valence-electron chi connectivity index (χ4n) is 3.90. The Morgan fingerprint density at radius 2 is 1.61 bits per heavy atom. The number of rotatable bonds is 8. The molecule has 1 aliphatic heterocycles. The van der Waals surface area contributed by atoms with Crippen LogP contribution in [0, 0.1) is 0 Å². The van der Waals surface area contributed by atoms with E-state index in [1.165, 1.54) is 16.7 Å². The molecule has 1 heterocycles. The van der Waals surface area contributed by atoms with Gasteiger partial charge in [-0.25, -0.2) is 0 Å². The Morgan fingerprint density at radius 3 is 2.35 bits per heavy atom. The molecule has 0 aromatic heterocycles. The maximum atomic E-state index is 10.7. The van der Waals surface area contributed by atoms with E-state index in [4.69, 9.17) is 9.84 Å². The summed E-state index contributed by atoms with van der Waals surface area (Å²) in [6.07, 6.45) is 1.63. The van der Waals surface area contributed by atoms with E-state index in [-0.39, 0.29) is 6.42 Å². The molecule has 0 aliphatic carbocycles. The molecular weight excluding hydrogens is 390 g/mol. The molecule has 0 fully saturated rings. The van der Waals surface area contributed by atoms with E-state index in [1.54, 1.807) is 6.07 Å². The smallest absolute Gasteiger partial charge is 0.303 e. The van der Waals surface area contributed by atoms with Crippen LogP contribution in [0.1, 0.15) is 34.2 Å². The van der Waals surface area contributed by atoms with Gasteiger partial charge in [-0.15, -0.1) is 0 Å². The first kappa shape index (κ1) is 20.9. The molecule has 1 aliphatic rings. The summed E-state index contributed by atoms with van der Waals surface area (Å²) in [6.45, 7) is 3.29. The van der Waals surface area contributed by atoms with Gasteiger partial charge in [0.15, 0.2) is 0 Å². The Hall–Kier alpha value is -3.31. The Balaban J connectivity index is 1.27. The largest absolute Gasteiger partial charge is 0.508 e. The molecular formula is C26H27NO4. The van der Waals surface area contributed by atoms with Crippen molar-refractivity contribution in [3.63, 3.8) is 0 Å². The van der Waals surface area contributed by atoms with Gasteiger partial charge in [-0.05, 0) is 64.9 Å². The minimum absolute atomic E-state index is 0.139. The van der Waals surface area contributed by atoms with Crippen LogP contribution in [0.5, 0.6) is 11.5 Å². The predicted molar refractivity (Wildman–Crippen MR) is 119 cm³/mol. The number of aromatic hydroxyl groups is 1. The minimum atomic E-state index is -0.783. The van der Waals surface area contributed by atoms with E-state index in [0.29, 0.717) is 18.8 Å². The Kier molecular flexibility index (Phi) is 6.53. The van der Waals surface area contributed by atoms with E-state index in [1.807, 2.05) is 36.4 Å². The number of aliphatic carboxylic acids is 1. The number of carboxylic acid groups (broad SMARTS) is 1. The van der Waals surface area contributed by atoms with E-state index >= 15 is 0 Å². The van der Waals surface area contributed by atoms with E-state index < -0.39 is 5.97 Å². The van der Waals surface area contributed by atoms with Crippen molar-refractivity contribution in [2.45, 2.75) is 39.0 Å². The highest BCUT2D eigenvalue weighted by Gasteiger charge is 2.16. The number of benzene rings is 3. The number of phenols is 1. The SMILES string of the molecule is O=C(O)CCc1ccc(OCc2ccc(CN3CCc4cc(O)ccc4C3)cc2)cc1. The van der Waals surface area contributed by atoms with E-state index in [0.717, 1.165) is 42.9 Å². The van der Waals surface area contributed by atoms with E-state index in [9.17, 15) is 9.90 Å². The summed E-state index contributed by atoms with van der Waals surface area (Å²) in [4.78, 5) is 13.1. The van der Waals surface area contributed by atoms with Gasteiger partial charge in [0.2, 0.25) is 0 Å². The maximum Gasteiger partial charge on any atom is 0.303 e. The van der Waals surface area contributed by atoms with Gasteiger partial charge < -0.3 is 14.9 Å². The van der Waals surface area contributed by atoms with Gasteiger partial charge in [-0.3, -0.25) is 9.69 Å². The zero-order chi connectivity index (χ0) is 21.6. The van der Waals surface area contributed by atoms with Gasteiger partial charge in [-0.1, -0.05) is 42.5 Å². The fraction of sp³-hybridized carbons (Fsp3) is 0.269. The van der Waals surface area contributed by atoms with Crippen LogP contribution in [0.15, 0.2) is 66.7 Å². The summed E-state index contributed by atoms with van der Waals surface area (Å²) in [5, 5.41) is 18.4. The van der Waals surface area contributed by atoms with Crippen molar-refractivity contribution in [2.24, 2.45) is 0 Å². The van der Waals surface area contributed by atoms with Gasteiger partial charge in [0.05, 0.1) is 0 Å². The first-order valence-corrected chi connectivity index (χ1v) is 10.6. The monoisotopic (exact) mass is 417 g/mol. The third kappa shape index (κ3) is 5.86. The fourth-order valence-corrected chi connectivity index (χ4v) is 3.90. The lowest BCUT2D eigenvalue weighted by molar-refractivity contribution is -0.136. The lowest BCUT2D eigenvalue weighted by Gasteiger charge is -2.28. The second kappa shape index (κ2) is 9.67. The predicted octanol–water partition coefficient (Wildman–Crippen LogP) is 4.55. The maximum absolute atomic E-state index is 10.7. The van der Waals surface area contributed by atoms with Gasteiger partial charge in [0.25, 0.3) is 0 Å². The summed E-state index contributed by atoms with van der Waals surface area (Å²) in [5.74, 6) is 0.342. The van der Waals surface area contributed by atoms with Crippen molar-refractivity contribution in [1.29, 1.82) is 0 Å². The Morgan fingerprint density at radius 1 is 0.903 bits per heavy atom. The second-order valence-electron chi connectivity index (χ2n) is 8.06. The molecule has 0 unspecified atom stereocenters. The molecule has 0 bridgehead atoms. The zero-order valence-electron chi connectivity index (χ0n) is 17.5. The molecule has 160 valence electrons. The normalized spacial score (nSPS) is 13.5. The van der Waals surface area contributed by atoms with Gasteiger partial charge in [-0.2, -0.15) is 0 Å². The topological polar surface area (TPSA) is 70.0 Å². The summed E-state index contributed by atoms with van der Waals surface area (Å²) in [6, 6.07) is 21.8. The number of hydrogen-bond acceptors (Lipinski definition) is 4. The molecule has 4 rings (SSSR count). The highest BCUT2D eigenvalue weighted by atomic mass is 16.5. The molecule has 0 saturated carbocycles. The van der Waals surface area contributed by atoms with Gasteiger partial charge >= 0.3 is 5.97 Å². The third-order valence-corrected chi connectivity index (χ3v) is 5.67. The molecule has 5 heteroatoms. The van der Waals surface area contributed by atoms with Crippen LogP contribution in [0.2, 0.25) is 0 Å². The van der Waals surface area contributed by atoms with Crippen molar-refractivity contribution in [3.8, 4) is 11.5 Å². The third-order valence-electron chi connectivity index (χ3n) is 5.67. The van der Waals surface area contributed by atoms with Gasteiger partial charge in [0, 0.05) is 26.1 Å². The molecule has 0 radical (unpaired) electrons. The van der Waals surface area contributed by atoms with Crippen LogP contribution in [-0.4, -0.2) is 27.6 Å². The van der Waals surface area contributed by atoms with Crippen LogP contribution < -0.4 is 4.74 Å². The average Bonchev–Trinajstić information content (AvgIpc) is 2.78. The van der Waals surface area contributed by atoms with Crippen molar-refractivity contribution >= 4 is 5.97 Å². The van der Waals surface area contributed by atoms with Crippen LogP contribution >= 0.6 is 0 Å². The van der Waals surface area contributed by atoms with Crippen LogP contribution in [0.25, 0.3) is 0 Å². The Bertz CT molecular complexity index is 1030. The first-order chi connectivity index (χ1) is 15.0. The highest BCUT2D eigenvalue weighted by molar-refractivity contribution is 5.67. The number of hydrogen-bond donors (Lipinski definition) is 2. The molecule has 31 heavy (non-hydrogen) atoms. The van der Waals surface area contributed by atoms with Crippen LogP contribution in [-0.2, 0) is 37.3 Å². The molecule has 0 amide bonds. The highest BCUT2D eigenvalue weighted by Crippen LogP contribution is 2.24. The van der Waals surface area contributed by atoms with Crippen molar-refractivity contribution in [2.75, 3.05) is 6.54 Å². The Labute approximate surface area is 182 Å². The quantitative estimate of drug-likeness (QED) is 0.563. The number of aryl methyl sites for hydroxylation is 1. The van der Waals surface area contributed by atoms with Crippen LogP contribution in [0.4, 0.5) is 0 Å². The zero-order valence-corrected chi connectivity index (χ0v) is 17.5. The van der Waals surface area contributed by atoms with Crippen molar-refractivity contribution in [3.05, 3.63) is 94.5 Å². The molecule has 3 aromatic carbocycles. The van der Waals surface area contributed by atoms with Crippen molar-refractivity contribution < 1.29 is 19.7 Å². The summed E-state index contributed by atoms with van der Waals surface area (Å²) >= 11 is 0. The second-order valence-corrected chi connectivity index (χ2v) is 8.06. The lowest BCUT2D eigenvalue weighted by Crippen LogP contribution is -2.29. The summed E-state index contributed by atoms with van der Waals surface area (Å²) in [5.41, 5.74) is 5.92. The number of carbonyl (C=O) groups is 1. The molecule has 0 saturated heterocycles. The number of nitrogens with zero attached hydrogens (tertiary/aromatic N) is 1. The minimum Gasteiger partial charge on any atom is -0.508 e. The molecule has 0 spiro atoms. The average molecular weight is 418 g/mol. The molecule has 2 N–H and O–H groups in total. The summed E-state index contributed by atoms with van der Waals surface area (Å²) in [7, 11) is 0. The van der Waals surface area contributed by atoms with Gasteiger partial charge in [0.1, 0.15) is 18.1 Å². The molecule has 5 nitrogen and oxygen atoms in total. The molecule has 3 aromatic rings. The number of phenolic OH excluding ortho intramolecular Hbond substituents is 1.